The van der Waals surface area contributed by atoms with Crippen molar-refractivity contribution >= 4 is 22.9 Å². The van der Waals surface area contributed by atoms with E-state index in [0.717, 1.165) is 42.2 Å². The van der Waals surface area contributed by atoms with E-state index in [9.17, 15) is 5.11 Å². The van der Waals surface area contributed by atoms with Crippen molar-refractivity contribution in [2.75, 3.05) is 17.3 Å². The molecule has 24 heavy (non-hydrogen) atoms. The number of hydrogen-bond donors (Lipinski definition) is 2. The molecule has 4 unspecified atom stereocenters. The van der Waals surface area contributed by atoms with E-state index in [1.165, 1.54) is 0 Å². The Labute approximate surface area is 142 Å². The van der Waals surface area contributed by atoms with Crippen molar-refractivity contribution in [2.45, 2.75) is 51.3 Å². The molecule has 2 aromatic rings. The molecule has 4 atom stereocenters. The number of rotatable bonds is 4. The van der Waals surface area contributed by atoms with Crippen molar-refractivity contribution in [3.8, 4) is 0 Å². The highest BCUT2D eigenvalue weighted by atomic mass is 16.3. The van der Waals surface area contributed by atoms with E-state index in [4.69, 9.17) is 4.98 Å². The highest BCUT2D eigenvalue weighted by Gasteiger charge is 2.45. The fraction of sp³-hybridized carbons (Fsp3) is 0.706. The molecule has 0 saturated heterocycles. The number of imidazole rings is 1. The summed E-state index contributed by atoms with van der Waals surface area (Å²) in [7, 11) is 4.03. The monoisotopic (exact) mass is 330 g/mol. The van der Waals surface area contributed by atoms with E-state index in [-0.39, 0.29) is 12.1 Å². The number of aromatic nitrogens is 4. The highest BCUT2D eigenvalue weighted by Crippen LogP contribution is 2.46. The average Bonchev–Trinajstić information content (AvgIpc) is 3.20. The number of nitrogens with zero attached hydrogens (tertiary/aromatic N) is 5. The van der Waals surface area contributed by atoms with Gasteiger partial charge in [0.05, 0.1) is 6.10 Å². The number of hydrogen-bond acceptors (Lipinski definition) is 6. The molecule has 4 rings (SSSR count). The van der Waals surface area contributed by atoms with Crippen LogP contribution >= 0.6 is 0 Å². The summed E-state index contributed by atoms with van der Waals surface area (Å²) in [5.41, 5.74) is 1.64. The molecule has 2 N–H and O–H groups in total. The number of aliphatic hydroxyl groups is 1. The third kappa shape index (κ3) is 2.33. The zero-order valence-corrected chi connectivity index (χ0v) is 14.8. The quantitative estimate of drug-likeness (QED) is 0.890. The molecule has 0 radical (unpaired) electrons. The molecular weight excluding hydrogens is 304 g/mol. The molecule has 2 aromatic heterocycles. The van der Waals surface area contributed by atoms with Crippen LogP contribution in [0.3, 0.4) is 0 Å². The Balaban J connectivity index is 1.68. The zero-order chi connectivity index (χ0) is 17.0. The van der Waals surface area contributed by atoms with Gasteiger partial charge in [0.1, 0.15) is 6.33 Å². The van der Waals surface area contributed by atoms with Crippen LogP contribution in [0.1, 0.15) is 33.1 Å². The number of aliphatic hydroxyl groups excluding tert-OH is 1. The summed E-state index contributed by atoms with van der Waals surface area (Å²) in [6, 6.07) is 0.635. The summed E-state index contributed by atoms with van der Waals surface area (Å²) in [6.45, 7) is 4.28. The van der Waals surface area contributed by atoms with Crippen LogP contribution in [0, 0.1) is 11.8 Å². The van der Waals surface area contributed by atoms with Crippen LogP contribution in [0.2, 0.25) is 0 Å². The fourth-order valence-electron chi connectivity index (χ4n) is 4.29. The lowest BCUT2D eigenvalue weighted by molar-refractivity contribution is 0.107. The minimum Gasteiger partial charge on any atom is -0.393 e. The van der Waals surface area contributed by atoms with Crippen LogP contribution in [-0.2, 0) is 7.05 Å². The molecule has 2 heterocycles. The molecule has 2 aliphatic rings. The van der Waals surface area contributed by atoms with E-state index in [1.54, 1.807) is 6.33 Å². The van der Waals surface area contributed by atoms with E-state index >= 15 is 0 Å². The lowest BCUT2D eigenvalue weighted by Gasteiger charge is -2.27. The first kappa shape index (κ1) is 15.6. The van der Waals surface area contributed by atoms with Gasteiger partial charge in [-0.25, -0.2) is 15.0 Å². The minimum atomic E-state index is -0.176. The molecule has 2 saturated carbocycles. The smallest absolute Gasteiger partial charge is 0.207 e. The number of fused-ring (bicyclic) bond motifs is 3. The van der Waals surface area contributed by atoms with Gasteiger partial charge in [0.15, 0.2) is 17.0 Å². The molecule has 2 fully saturated rings. The second-order valence-electron chi connectivity index (χ2n) is 7.63. The van der Waals surface area contributed by atoms with Crippen molar-refractivity contribution in [1.82, 2.24) is 19.5 Å². The maximum atomic E-state index is 10.2. The highest BCUT2D eigenvalue weighted by molar-refractivity contribution is 5.85. The molecule has 0 amide bonds. The van der Waals surface area contributed by atoms with Gasteiger partial charge in [0.25, 0.3) is 0 Å². The van der Waals surface area contributed by atoms with Gasteiger partial charge in [-0.2, -0.15) is 0 Å². The Bertz CT molecular complexity index is 757. The Morgan fingerprint density at radius 1 is 1.29 bits per heavy atom. The lowest BCUT2D eigenvalue weighted by atomic mass is 9.93. The first-order valence-electron chi connectivity index (χ1n) is 8.80. The van der Waals surface area contributed by atoms with E-state index in [2.05, 4.69) is 34.0 Å². The molecule has 7 nitrogen and oxygen atoms in total. The maximum absolute atomic E-state index is 10.2. The molecule has 0 aromatic carbocycles. The second kappa shape index (κ2) is 5.58. The Morgan fingerprint density at radius 2 is 2.08 bits per heavy atom. The second-order valence-corrected chi connectivity index (χ2v) is 7.63. The largest absolute Gasteiger partial charge is 0.393 e. The summed E-state index contributed by atoms with van der Waals surface area (Å²) in [5, 5.41) is 13.7. The van der Waals surface area contributed by atoms with Crippen molar-refractivity contribution in [2.24, 2.45) is 18.9 Å². The van der Waals surface area contributed by atoms with Gasteiger partial charge in [-0.1, -0.05) is 0 Å². The van der Waals surface area contributed by atoms with Gasteiger partial charge in [-0.05, 0) is 39.0 Å². The van der Waals surface area contributed by atoms with Gasteiger partial charge in [0.2, 0.25) is 5.95 Å². The van der Waals surface area contributed by atoms with Gasteiger partial charge in [-0.3, -0.25) is 4.57 Å². The Hall–Kier alpha value is -1.89. The molecule has 0 aliphatic heterocycles. The molecule has 2 aliphatic carbocycles. The van der Waals surface area contributed by atoms with Crippen LogP contribution in [0.15, 0.2) is 6.33 Å². The molecule has 0 spiro atoms. The summed E-state index contributed by atoms with van der Waals surface area (Å²) in [5.74, 6) is 2.65. The molecule has 130 valence electrons. The van der Waals surface area contributed by atoms with Crippen molar-refractivity contribution < 1.29 is 5.11 Å². The standard InChI is InChI=1S/C17H26N6O/c1-9(2)22(3)17-21-14-15(18-8-19-16(14)23(17)4)20-12-6-10-5-11(12)13(24)7-10/h8-13,24H,5-7H2,1-4H3,(H,18,19,20). The first-order valence-corrected chi connectivity index (χ1v) is 8.80. The maximum Gasteiger partial charge on any atom is 0.207 e. The van der Waals surface area contributed by atoms with Gasteiger partial charge < -0.3 is 15.3 Å². The summed E-state index contributed by atoms with van der Waals surface area (Å²) in [6.07, 6.45) is 4.60. The van der Waals surface area contributed by atoms with E-state index in [1.807, 2.05) is 18.7 Å². The normalized spacial score (nSPS) is 28.9. The van der Waals surface area contributed by atoms with Gasteiger partial charge in [-0.15, -0.1) is 0 Å². The molecule has 2 bridgehead atoms. The Morgan fingerprint density at radius 3 is 2.75 bits per heavy atom. The number of nitrogens with one attached hydrogen (secondary N) is 1. The third-order valence-electron chi connectivity index (χ3n) is 5.82. The minimum absolute atomic E-state index is 0.176. The van der Waals surface area contributed by atoms with E-state index < -0.39 is 0 Å². The predicted octanol–water partition coefficient (Wildman–Crippen LogP) is 1.78. The van der Waals surface area contributed by atoms with Crippen molar-refractivity contribution in [3.05, 3.63) is 6.33 Å². The summed E-state index contributed by atoms with van der Waals surface area (Å²) < 4.78 is 2.01. The third-order valence-corrected chi connectivity index (χ3v) is 5.82. The van der Waals surface area contributed by atoms with E-state index in [0.29, 0.717) is 17.9 Å². The lowest BCUT2D eigenvalue weighted by Crippen LogP contribution is -2.34. The van der Waals surface area contributed by atoms with Crippen LogP contribution in [0.5, 0.6) is 0 Å². The molecular formula is C17H26N6O. The summed E-state index contributed by atoms with van der Waals surface area (Å²) >= 11 is 0. The number of aryl methyl sites for hydroxylation is 1. The average molecular weight is 330 g/mol. The van der Waals surface area contributed by atoms with Crippen LogP contribution < -0.4 is 10.2 Å². The van der Waals surface area contributed by atoms with Crippen molar-refractivity contribution in [3.63, 3.8) is 0 Å². The predicted molar refractivity (Wildman–Crippen MR) is 94.1 cm³/mol. The Kier molecular flexibility index (Phi) is 3.63. The number of anilines is 2. The zero-order valence-electron chi connectivity index (χ0n) is 14.8. The van der Waals surface area contributed by atoms with Crippen LogP contribution in [0.4, 0.5) is 11.8 Å². The van der Waals surface area contributed by atoms with Crippen LogP contribution in [-0.4, -0.2) is 49.9 Å². The molecule has 7 heteroatoms. The summed E-state index contributed by atoms with van der Waals surface area (Å²) in [4.78, 5) is 15.8. The van der Waals surface area contributed by atoms with Gasteiger partial charge in [0, 0.05) is 32.1 Å². The van der Waals surface area contributed by atoms with Crippen LogP contribution in [0.25, 0.3) is 11.2 Å². The van der Waals surface area contributed by atoms with Gasteiger partial charge >= 0.3 is 0 Å². The van der Waals surface area contributed by atoms with Crippen molar-refractivity contribution in [1.29, 1.82) is 0 Å². The fourth-order valence-corrected chi connectivity index (χ4v) is 4.29. The topological polar surface area (TPSA) is 79.1 Å². The first-order chi connectivity index (χ1) is 11.5. The SMILES string of the molecule is CC(C)N(C)c1nc2c(NC3CC4CC(O)C3C4)ncnc2n1C.